The fourth-order valence-electron chi connectivity index (χ4n) is 0.869. The predicted octanol–water partition coefficient (Wildman–Crippen LogP) is 0.292. The van der Waals surface area contributed by atoms with E-state index in [0.29, 0.717) is 0 Å². The van der Waals surface area contributed by atoms with E-state index in [2.05, 4.69) is 5.32 Å². The summed E-state index contributed by atoms with van der Waals surface area (Å²) in [5.41, 5.74) is 5.53. The van der Waals surface area contributed by atoms with E-state index >= 15 is 0 Å². The zero-order chi connectivity index (χ0) is 8.69. The van der Waals surface area contributed by atoms with E-state index in [1.165, 1.54) is 0 Å². The van der Waals surface area contributed by atoms with Gasteiger partial charge in [0.25, 0.3) is 0 Å². The number of hydrogen-bond donors (Lipinski definition) is 2. The van der Waals surface area contributed by atoms with Crippen LogP contribution in [0.2, 0.25) is 0 Å². The lowest BCUT2D eigenvalue weighted by atomic mass is 10.1. The lowest BCUT2D eigenvalue weighted by molar-refractivity contribution is -0.118. The van der Waals surface area contributed by atoms with Gasteiger partial charge in [-0.05, 0) is 33.4 Å². The molecule has 3 heteroatoms. The maximum absolute atomic E-state index is 10.7. The van der Waals surface area contributed by atoms with Gasteiger partial charge in [-0.2, -0.15) is 0 Å². The summed E-state index contributed by atoms with van der Waals surface area (Å²) in [4.78, 5) is 10.7. The first-order chi connectivity index (χ1) is 5.18. The average Bonchev–Trinajstić information content (AvgIpc) is 1.97. The average molecular weight is 158 g/mol. The summed E-state index contributed by atoms with van der Waals surface area (Å²) >= 11 is 0. The highest BCUT2D eigenvalue weighted by Crippen LogP contribution is 1.98. The summed E-state index contributed by atoms with van der Waals surface area (Å²) in [6, 6.07) is -0.244. The summed E-state index contributed by atoms with van der Waals surface area (Å²) in [7, 11) is 1.92. The van der Waals surface area contributed by atoms with Crippen molar-refractivity contribution in [1.29, 1.82) is 0 Å². The summed E-state index contributed by atoms with van der Waals surface area (Å²) in [5.74, 6) is 0.0921. The number of unbranched alkanes of at least 4 members (excludes halogenated alkanes) is 1. The van der Waals surface area contributed by atoms with Gasteiger partial charge in [0.1, 0.15) is 5.78 Å². The molecule has 11 heavy (non-hydrogen) atoms. The van der Waals surface area contributed by atoms with Gasteiger partial charge in [-0.15, -0.1) is 0 Å². The van der Waals surface area contributed by atoms with Crippen molar-refractivity contribution in [3.05, 3.63) is 0 Å². The Labute approximate surface area is 68.3 Å². The number of ketones is 1. The first-order valence-electron chi connectivity index (χ1n) is 4.09. The van der Waals surface area contributed by atoms with Crippen LogP contribution in [0, 0.1) is 0 Å². The Kier molecular flexibility index (Phi) is 6.07. The van der Waals surface area contributed by atoms with Crippen molar-refractivity contribution in [3.8, 4) is 0 Å². The molecule has 3 nitrogen and oxygen atoms in total. The monoisotopic (exact) mass is 158 g/mol. The summed E-state index contributed by atoms with van der Waals surface area (Å²) in [5, 5.41) is 3.04. The first-order valence-corrected chi connectivity index (χ1v) is 4.09. The molecule has 0 radical (unpaired) electrons. The third-order valence-corrected chi connectivity index (χ3v) is 1.71. The van der Waals surface area contributed by atoms with Gasteiger partial charge in [0, 0.05) is 0 Å². The molecule has 3 N–H and O–H groups in total. The van der Waals surface area contributed by atoms with Crippen LogP contribution in [0.5, 0.6) is 0 Å². The van der Waals surface area contributed by atoms with Crippen molar-refractivity contribution in [2.45, 2.75) is 32.2 Å². The second kappa shape index (κ2) is 6.31. The summed E-state index contributed by atoms with van der Waals surface area (Å²) in [6.07, 6.45) is 2.94. The maximum atomic E-state index is 10.7. The number of carbonyl (C=O) groups is 1. The third-order valence-electron chi connectivity index (χ3n) is 1.71. The number of nitrogens with one attached hydrogen (secondary N) is 1. The highest BCUT2D eigenvalue weighted by Gasteiger charge is 2.05. The molecule has 0 spiro atoms. The molecule has 0 rings (SSSR count). The van der Waals surface area contributed by atoms with Crippen molar-refractivity contribution < 1.29 is 4.79 Å². The van der Waals surface area contributed by atoms with Gasteiger partial charge in [-0.25, -0.2) is 0 Å². The Bertz CT molecular complexity index is 115. The molecular weight excluding hydrogens is 140 g/mol. The molecule has 1 atom stereocenters. The van der Waals surface area contributed by atoms with E-state index in [0.717, 1.165) is 25.8 Å². The van der Waals surface area contributed by atoms with Crippen LogP contribution in [0.25, 0.3) is 0 Å². The molecule has 0 unspecified atom stereocenters. The molecule has 0 aliphatic heterocycles. The fourth-order valence-corrected chi connectivity index (χ4v) is 0.869. The first kappa shape index (κ1) is 10.6. The number of nitrogens with two attached hydrogens (primary N) is 1. The van der Waals surface area contributed by atoms with Crippen molar-refractivity contribution in [2.24, 2.45) is 5.73 Å². The summed E-state index contributed by atoms with van der Waals surface area (Å²) in [6.45, 7) is 2.55. The van der Waals surface area contributed by atoms with Gasteiger partial charge in [0.15, 0.2) is 0 Å². The minimum atomic E-state index is -0.244. The summed E-state index contributed by atoms with van der Waals surface area (Å²) < 4.78 is 0. The molecule has 0 amide bonds. The van der Waals surface area contributed by atoms with Crippen LogP contribution in [0.3, 0.4) is 0 Å². The molecule has 0 aromatic rings. The van der Waals surface area contributed by atoms with Gasteiger partial charge in [-0.3, -0.25) is 4.79 Å². The number of hydrogen-bond acceptors (Lipinski definition) is 3. The normalized spacial score (nSPS) is 13.0. The van der Waals surface area contributed by atoms with Gasteiger partial charge < -0.3 is 11.1 Å². The molecule has 66 valence electrons. The van der Waals surface area contributed by atoms with E-state index < -0.39 is 0 Å². The van der Waals surface area contributed by atoms with E-state index in [-0.39, 0.29) is 11.8 Å². The topological polar surface area (TPSA) is 55.1 Å². The minimum Gasteiger partial charge on any atom is -0.322 e. The molecule has 0 aliphatic rings. The van der Waals surface area contributed by atoms with Gasteiger partial charge in [0.2, 0.25) is 0 Å². The van der Waals surface area contributed by atoms with Gasteiger partial charge >= 0.3 is 0 Å². The Morgan fingerprint density at radius 1 is 1.55 bits per heavy atom. The van der Waals surface area contributed by atoms with Gasteiger partial charge in [-0.1, -0.05) is 6.42 Å². The lowest BCUT2D eigenvalue weighted by Crippen LogP contribution is -2.28. The molecule has 0 bridgehead atoms. The highest BCUT2D eigenvalue weighted by molar-refractivity contribution is 5.80. The largest absolute Gasteiger partial charge is 0.322 e. The minimum absolute atomic E-state index is 0.0921. The van der Waals surface area contributed by atoms with E-state index in [9.17, 15) is 4.79 Å². The van der Waals surface area contributed by atoms with Crippen LogP contribution in [0.15, 0.2) is 0 Å². The van der Waals surface area contributed by atoms with Crippen LogP contribution in [0.1, 0.15) is 26.2 Å². The van der Waals surface area contributed by atoms with Crippen molar-refractivity contribution in [1.82, 2.24) is 5.32 Å². The quantitative estimate of drug-likeness (QED) is 0.546. The zero-order valence-corrected chi connectivity index (χ0v) is 7.39. The maximum Gasteiger partial charge on any atom is 0.146 e. The van der Waals surface area contributed by atoms with Crippen molar-refractivity contribution in [2.75, 3.05) is 13.6 Å². The Morgan fingerprint density at radius 3 is 2.64 bits per heavy atom. The highest BCUT2D eigenvalue weighted by atomic mass is 16.1. The second-order valence-corrected chi connectivity index (χ2v) is 2.82. The molecule has 0 saturated heterocycles. The predicted molar refractivity (Wildman–Crippen MR) is 46.4 cm³/mol. The third kappa shape index (κ3) is 6.01. The van der Waals surface area contributed by atoms with Crippen LogP contribution >= 0.6 is 0 Å². The van der Waals surface area contributed by atoms with Crippen LogP contribution in [-0.2, 0) is 4.79 Å². The standard InChI is InChI=1S/C8H18N2O/c1-7(11)8(9)5-3-4-6-10-2/h8,10H,3-6,9H2,1-2H3/t8-/m1/s1. The zero-order valence-electron chi connectivity index (χ0n) is 7.39. The van der Waals surface area contributed by atoms with E-state index in [1.807, 2.05) is 7.05 Å². The molecule has 0 saturated carbocycles. The Morgan fingerprint density at radius 2 is 2.18 bits per heavy atom. The number of rotatable bonds is 6. The molecule has 0 fully saturated rings. The SMILES string of the molecule is CNCCCC[C@@H](N)C(C)=O. The van der Waals surface area contributed by atoms with Crippen LogP contribution in [-0.4, -0.2) is 25.4 Å². The molecular formula is C8H18N2O. The molecule has 0 aliphatic carbocycles. The van der Waals surface area contributed by atoms with E-state index in [4.69, 9.17) is 5.73 Å². The smallest absolute Gasteiger partial charge is 0.146 e. The van der Waals surface area contributed by atoms with E-state index in [1.54, 1.807) is 6.92 Å². The second-order valence-electron chi connectivity index (χ2n) is 2.82. The van der Waals surface area contributed by atoms with Crippen molar-refractivity contribution in [3.63, 3.8) is 0 Å². The molecule has 0 aromatic heterocycles. The number of carbonyl (C=O) groups excluding carboxylic acids is 1. The van der Waals surface area contributed by atoms with Gasteiger partial charge in [0.05, 0.1) is 6.04 Å². The fraction of sp³-hybridized carbons (Fsp3) is 0.875. The molecule has 0 aromatic carbocycles. The lowest BCUT2D eigenvalue weighted by Gasteiger charge is -2.06. The molecule has 0 heterocycles. The van der Waals surface area contributed by atoms with Crippen LogP contribution < -0.4 is 11.1 Å². The van der Waals surface area contributed by atoms with Crippen LogP contribution in [0.4, 0.5) is 0 Å². The Balaban J connectivity index is 3.17. The Hall–Kier alpha value is -0.410. The number of Topliss-reactive ketones (excluding diaryl/α,β-unsaturated/α-hetero) is 1. The van der Waals surface area contributed by atoms with Crippen molar-refractivity contribution >= 4 is 5.78 Å².